The number of anilines is 1. The van der Waals surface area contributed by atoms with E-state index in [9.17, 15) is 4.79 Å². The summed E-state index contributed by atoms with van der Waals surface area (Å²) in [5.74, 6) is -0.198. The molecular formula is C19H13ClFN7O. The van der Waals surface area contributed by atoms with Crippen LogP contribution in [0.5, 0.6) is 0 Å². The molecule has 4 aromatic heterocycles. The van der Waals surface area contributed by atoms with Crippen LogP contribution >= 0.6 is 11.6 Å². The minimum atomic E-state index is -0.575. The number of aromatic amines is 1. The Morgan fingerprint density at radius 2 is 2.17 bits per heavy atom. The van der Waals surface area contributed by atoms with Gasteiger partial charge in [-0.15, -0.1) is 0 Å². The molecule has 144 valence electrons. The Labute approximate surface area is 168 Å². The molecule has 0 aliphatic heterocycles. The van der Waals surface area contributed by atoms with Gasteiger partial charge in [0.25, 0.3) is 0 Å². The molecule has 29 heavy (non-hydrogen) atoms. The van der Waals surface area contributed by atoms with E-state index in [2.05, 4.69) is 25.5 Å². The maximum absolute atomic E-state index is 15.4. The van der Waals surface area contributed by atoms with Crippen molar-refractivity contribution in [2.45, 2.75) is 6.92 Å². The Morgan fingerprint density at radius 3 is 2.93 bits per heavy atom. The summed E-state index contributed by atoms with van der Waals surface area (Å²) in [7, 11) is 0. The third-order valence-corrected chi connectivity index (χ3v) is 5.12. The van der Waals surface area contributed by atoms with E-state index in [1.165, 1.54) is 6.20 Å². The van der Waals surface area contributed by atoms with Crippen LogP contribution in [0.2, 0.25) is 5.02 Å². The first-order valence-electron chi connectivity index (χ1n) is 8.62. The number of aromatic nitrogens is 6. The molecule has 1 aromatic carbocycles. The van der Waals surface area contributed by atoms with Gasteiger partial charge in [0.2, 0.25) is 6.41 Å². The number of halogens is 2. The monoisotopic (exact) mass is 409 g/mol. The molecule has 5 rings (SSSR count). The van der Waals surface area contributed by atoms with Crippen molar-refractivity contribution >= 4 is 40.4 Å². The third kappa shape index (κ3) is 2.59. The first-order valence-corrected chi connectivity index (χ1v) is 9.00. The van der Waals surface area contributed by atoms with Crippen LogP contribution in [0.25, 0.3) is 33.5 Å². The summed E-state index contributed by atoms with van der Waals surface area (Å²) in [6.07, 6.45) is 8.73. The van der Waals surface area contributed by atoms with Gasteiger partial charge in [-0.2, -0.15) is 5.10 Å². The topological polar surface area (TPSA) is 92.9 Å². The van der Waals surface area contributed by atoms with E-state index in [1.807, 2.05) is 19.1 Å². The number of hydrogen-bond donors (Lipinski definition) is 2. The second-order valence-corrected chi connectivity index (χ2v) is 6.83. The number of H-pyrrole nitrogens is 1. The molecule has 0 unspecified atom stereocenters. The van der Waals surface area contributed by atoms with Crippen molar-refractivity contribution in [3.05, 3.63) is 59.7 Å². The predicted molar refractivity (Wildman–Crippen MR) is 107 cm³/mol. The van der Waals surface area contributed by atoms with E-state index in [4.69, 9.17) is 11.6 Å². The van der Waals surface area contributed by atoms with Crippen LogP contribution < -0.4 is 5.32 Å². The molecule has 0 saturated carbocycles. The summed E-state index contributed by atoms with van der Waals surface area (Å²) in [6, 6.07) is 3.71. The number of nitrogens with one attached hydrogen (secondary N) is 2. The quantitative estimate of drug-likeness (QED) is 0.442. The molecule has 0 saturated heterocycles. The fourth-order valence-electron chi connectivity index (χ4n) is 3.45. The first kappa shape index (κ1) is 17.4. The molecular weight excluding hydrogens is 397 g/mol. The predicted octanol–water partition coefficient (Wildman–Crippen LogP) is 3.73. The number of carbonyl (C=O) groups is 1. The van der Waals surface area contributed by atoms with Gasteiger partial charge in [0.1, 0.15) is 5.69 Å². The van der Waals surface area contributed by atoms with E-state index in [0.29, 0.717) is 45.7 Å². The fourth-order valence-corrected chi connectivity index (χ4v) is 3.74. The number of nitrogens with zero attached hydrogens (tertiary/aromatic N) is 5. The zero-order valence-corrected chi connectivity index (χ0v) is 15.8. The number of rotatable bonds is 4. The molecule has 2 N–H and O–H groups in total. The minimum absolute atomic E-state index is 0.0554. The lowest BCUT2D eigenvalue weighted by Gasteiger charge is -2.14. The van der Waals surface area contributed by atoms with Gasteiger partial charge in [0.05, 0.1) is 34.8 Å². The zero-order valence-electron chi connectivity index (χ0n) is 15.0. The molecule has 0 spiro atoms. The lowest BCUT2D eigenvalue weighted by Crippen LogP contribution is -2.02. The molecule has 0 atom stereocenters. The summed E-state index contributed by atoms with van der Waals surface area (Å²) < 4.78 is 18.8. The number of carbonyl (C=O) groups excluding carboxylic acids is 1. The average molecular weight is 410 g/mol. The van der Waals surface area contributed by atoms with Gasteiger partial charge in [0.15, 0.2) is 17.3 Å². The van der Waals surface area contributed by atoms with Gasteiger partial charge in [-0.1, -0.05) is 11.6 Å². The van der Waals surface area contributed by atoms with Crippen molar-refractivity contribution in [2.24, 2.45) is 0 Å². The van der Waals surface area contributed by atoms with Crippen LogP contribution in [0.15, 0.2) is 43.1 Å². The van der Waals surface area contributed by atoms with Crippen LogP contribution in [0, 0.1) is 12.7 Å². The van der Waals surface area contributed by atoms with Crippen LogP contribution in [-0.2, 0) is 4.79 Å². The van der Waals surface area contributed by atoms with Crippen LogP contribution in [-0.4, -0.2) is 35.5 Å². The highest BCUT2D eigenvalue weighted by atomic mass is 35.5. The highest BCUT2D eigenvalue weighted by Gasteiger charge is 2.23. The Kier molecular flexibility index (Phi) is 3.85. The van der Waals surface area contributed by atoms with Crippen molar-refractivity contribution in [2.75, 3.05) is 5.32 Å². The molecule has 0 fully saturated rings. The normalized spacial score (nSPS) is 11.4. The maximum Gasteiger partial charge on any atom is 0.212 e. The SMILES string of the molecule is Cc1cccn1-c1c(F)c(Cl)c(-c2cn3cc(NC=O)nc3cn2)c2cn[nH]c12. The minimum Gasteiger partial charge on any atom is -0.317 e. The van der Waals surface area contributed by atoms with Gasteiger partial charge in [-0.3, -0.25) is 14.9 Å². The van der Waals surface area contributed by atoms with Gasteiger partial charge in [-0.25, -0.2) is 9.37 Å². The highest BCUT2D eigenvalue weighted by Crippen LogP contribution is 2.40. The largest absolute Gasteiger partial charge is 0.317 e. The summed E-state index contributed by atoms with van der Waals surface area (Å²) in [4.78, 5) is 19.3. The fraction of sp³-hybridized carbons (Fsp3) is 0.0526. The maximum atomic E-state index is 15.4. The molecule has 0 aliphatic rings. The molecule has 8 nitrogen and oxygen atoms in total. The van der Waals surface area contributed by atoms with Crippen molar-refractivity contribution in [1.82, 2.24) is 29.1 Å². The Balaban J connectivity index is 1.77. The van der Waals surface area contributed by atoms with Crippen molar-refractivity contribution < 1.29 is 9.18 Å². The van der Waals surface area contributed by atoms with E-state index in [-0.39, 0.29) is 5.02 Å². The van der Waals surface area contributed by atoms with E-state index >= 15 is 4.39 Å². The van der Waals surface area contributed by atoms with E-state index < -0.39 is 5.82 Å². The Morgan fingerprint density at radius 1 is 1.31 bits per heavy atom. The van der Waals surface area contributed by atoms with E-state index in [1.54, 1.807) is 33.8 Å². The number of fused-ring (bicyclic) bond motifs is 2. The molecule has 10 heteroatoms. The number of benzene rings is 1. The van der Waals surface area contributed by atoms with Crippen LogP contribution in [0.1, 0.15) is 5.69 Å². The number of hydrogen-bond acceptors (Lipinski definition) is 4. The second-order valence-electron chi connectivity index (χ2n) is 6.46. The zero-order chi connectivity index (χ0) is 20.1. The van der Waals surface area contributed by atoms with Crippen LogP contribution in [0.3, 0.4) is 0 Å². The number of imidazole rings is 1. The van der Waals surface area contributed by atoms with Crippen molar-refractivity contribution in [1.29, 1.82) is 0 Å². The smallest absolute Gasteiger partial charge is 0.212 e. The summed E-state index contributed by atoms with van der Waals surface area (Å²) in [5, 5.41) is 10.0. The Bertz CT molecular complexity index is 1400. The molecule has 5 aromatic rings. The number of amides is 1. The van der Waals surface area contributed by atoms with Gasteiger partial charge < -0.3 is 14.3 Å². The first-order chi connectivity index (χ1) is 14.1. The average Bonchev–Trinajstić information content (AvgIpc) is 3.43. The summed E-state index contributed by atoms with van der Waals surface area (Å²) in [5.41, 5.74) is 3.06. The van der Waals surface area contributed by atoms with Gasteiger partial charge in [-0.05, 0) is 19.1 Å². The standard InChI is InChI=1S/C19H13ClFN7O/c1-10-3-2-4-28(10)19-17(21)16(20)15(11-5-24-26-18(11)19)12-7-27-8-13(23-9-29)25-14(27)6-22-12/h2-9H,1H3,(H,23,29)(H,24,26). The van der Waals surface area contributed by atoms with Crippen molar-refractivity contribution in [3.8, 4) is 16.9 Å². The lowest BCUT2D eigenvalue weighted by molar-refractivity contribution is -0.105. The van der Waals surface area contributed by atoms with Crippen LogP contribution in [0.4, 0.5) is 10.2 Å². The molecule has 0 bridgehead atoms. The van der Waals surface area contributed by atoms with Crippen molar-refractivity contribution in [3.63, 3.8) is 0 Å². The summed E-state index contributed by atoms with van der Waals surface area (Å²) in [6.45, 7) is 1.88. The molecule has 0 aliphatic carbocycles. The molecule has 4 heterocycles. The highest BCUT2D eigenvalue weighted by molar-refractivity contribution is 6.35. The second kappa shape index (κ2) is 6.42. The molecule has 0 radical (unpaired) electrons. The van der Waals surface area contributed by atoms with Gasteiger partial charge in [0, 0.05) is 29.0 Å². The van der Waals surface area contributed by atoms with Gasteiger partial charge >= 0.3 is 0 Å². The Hall–Kier alpha value is -3.72. The number of aryl methyl sites for hydroxylation is 1. The summed E-state index contributed by atoms with van der Waals surface area (Å²) >= 11 is 6.49. The van der Waals surface area contributed by atoms with E-state index in [0.717, 1.165) is 5.69 Å². The lowest BCUT2D eigenvalue weighted by atomic mass is 10.1. The third-order valence-electron chi connectivity index (χ3n) is 4.76. The molecule has 1 amide bonds.